The first-order valence-electron chi connectivity index (χ1n) is 6.15. The molecular formula is C12H18ClIN4. The lowest BCUT2D eigenvalue weighted by Gasteiger charge is -2.45. The molecule has 0 N–H and O–H groups in total. The quantitative estimate of drug-likeness (QED) is 0.442. The molecule has 18 heavy (non-hydrogen) atoms. The fourth-order valence-corrected chi connectivity index (χ4v) is 3.30. The van der Waals surface area contributed by atoms with Gasteiger partial charge in [-0.3, -0.25) is 0 Å². The highest BCUT2D eigenvalue weighted by atomic mass is 127. The van der Waals surface area contributed by atoms with E-state index in [4.69, 9.17) is 11.6 Å². The second kappa shape index (κ2) is 5.09. The van der Waals surface area contributed by atoms with Gasteiger partial charge in [-0.1, -0.05) is 11.6 Å². The number of fused-ring (bicyclic) bond motifs is 2. The van der Waals surface area contributed by atoms with Crippen LogP contribution in [0.2, 0.25) is 5.15 Å². The third-order valence-electron chi connectivity index (χ3n) is 4.52. The van der Waals surface area contributed by atoms with Gasteiger partial charge in [-0.25, -0.2) is 0 Å². The van der Waals surface area contributed by atoms with Crippen molar-refractivity contribution < 1.29 is 28.5 Å². The number of halogens is 2. The van der Waals surface area contributed by atoms with Gasteiger partial charge in [-0.05, 0) is 12.1 Å². The molecule has 2 bridgehead atoms. The summed E-state index contributed by atoms with van der Waals surface area (Å²) in [7, 11) is 4.71. The SMILES string of the molecule is C[N+]1(C)[C@@H]2CC[C@H]1CN(c1ccc(Cl)nn1)C2.[I-]. The molecule has 100 valence electrons. The Morgan fingerprint density at radius 2 is 1.78 bits per heavy atom. The zero-order chi connectivity index (χ0) is 12.0. The number of rotatable bonds is 1. The molecule has 2 saturated heterocycles. The first-order chi connectivity index (χ1) is 8.07. The first-order valence-corrected chi connectivity index (χ1v) is 6.52. The van der Waals surface area contributed by atoms with E-state index < -0.39 is 0 Å². The number of anilines is 1. The largest absolute Gasteiger partial charge is 1.00 e. The first kappa shape index (κ1) is 14.3. The van der Waals surface area contributed by atoms with E-state index in [1.165, 1.54) is 12.8 Å². The monoisotopic (exact) mass is 380 g/mol. The van der Waals surface area contributed by atoms with Crippen LogP contribution in [0.4, 0.5) is 5.82 Å². The summed E-state index contributed by atoms with van der Waals surface area (Å²) in [4.78, 5) is 2.36. The molecule has 3 heterocycles. The lowest BCUT2D eigenvalue weighted by Crippen LogP contribution is -3.00. The standard InChI is InChI=1S/C12H18ClN4.HI/c1-17(2)9-3-4-10(17)8-16(7-9)12-6-5-11(13)14-15-12;/h5-6,9-10H,3-4,7-8H2,1-2H3;1H/q+1;/p-1/t9-,10+;. The summed E-state index contributed by atoms with van der Waals surface area (Å²) in [6.07, 6.45) is 2.66. The number of hydrogen-bond donors (Lipinski definition) is 0. The number of likely N-dealkylation sites (N-methyl/N-ethyl adjacent to an activating group) is 1. The van der Waals surface area contributed by atoms with Crippen molar-refractivity contribution >= 4 is 17.4 Å². The Kier molecular flexibility index (Phi) is 4.04. The lowest BCUT2D eigenvalue weighted by atomic mass is 10.1. The minimum Gasteiger partial charge on any atom is -1.00 e. The highest BCUT2D eigenvalue weighted by Crippen LogP contribution is 2.35. The second-order valence-corrected chi connectivity index (χ2v) is 6.02. The molecule has 0 aliphatic carbocycles. The lowest BCUT2D eigenvalue weighted by molar-refractivity contribution is -0.925. The van der Waals surface area contributed by atoms with E-state index in [1.54, 1.807) is 0 Å². The van der Waals surface area contributed by atoms with Gasteiger partial charge in [-0.2, -0.15) is 0 Å². The molecule has 0 aromatic carbocycles. The highest BCUT2D eigenvalue weighted by molar-refractivity contribution is 6.29. The zero-order valence-corrected chi connectivity index (χ0v) is 13.6. The minimum absolute atomic E-state index is 0. The van der Waals surface area contributed by atoms with Crippen LogP contribution in [0.1, 0.15) is 12.8 Å². The van der Waals surface area contributed by atoms with Gasteiger partial charge in [0.1, 0.15) is 12.1 Å². The molecule has 0 amide bonds. The van der Waals surface area contributed by atoms with Gasteiger partial charge in [0, 0.05) is 12.8 Å². The number of hydrogen-bond acceptors (Lipinski definition) is 3. The molecule has 1 aromatic heterocycles. The number of quaternary nitrogens is 1. The van der Waals surface area contributed by atoms with Crippen LogP contribution < -0.4 is 28.9 Å². The molecule has 1 aromatic rings. The average Bonchev–Trinajstić information content (AvgIpc) is 2.52. The van der Waals surface area contributed by atoms with Crippen LogP contribution in [0.5, 0.6) is 0 Å². The summed E-state index contributed by atoms with van der Waals surface area (Å²) in [6.45, 7) is 2.17. The van der Waals surface area contributed by atoms with Gasteiger partial charge < -0.3 is 33.4 Å². The summed E-state index contributed by atoms with van der Waals surface area (Å²) >= 11 is 5.77. The molecule has 4 nitrogen and oxygen atoms in total. The maximum Gasteiger partial charge on any atom is 0.151 e. The average molecular weight is 381 g/mol. The molecule has 2 aliphatic heterocycles. The van der Waals surface area contributed by atoms with Crippen molar-refractivity contribution in [1.82, 2.24) is 10.2 Å². The zero-order valence-electron chi connectivity index (χ0n) is 10.7. The third kappa shape index (κ3) is 2.32. The van der Waals surface area contributed by atoms with Crippen molar-refractivity contribution in [3.05, 3.63) is 17.3 Å². The van der Waals surface area contributed by atoms with E-state index >= 15 is 0 Å². The minimum atomic E-state index is 0. The van der Waals surface area contributed by atoms with Crippen molar-refractivity contribution in [3.8, 4) is 0 Å². The maximum absolute atomic E-state index is 5.77. The topological polar surface area (TPSA) is 29.0 Å². The van der Waals surface area contributed by atoms with Crippen molar-refractivity contribution in [3.63, 3.8) is 0 Å². The van der Waals surface area contributed by atoms with Gasteiger partial charge in [-0.15, -0.1) is 10.2 Å². The summed E-state index contributed by atoms with van der Waals surface area (Å²) < 4.78 is 1.16. The van der Waals surface area contributed by atoms with Crippen molar-refractivity contribution in [2.45, 2.75) is 24.9 Å². The van der Waals surface area contributed by atoms with Gasteiger partial charge in [0.2, 0.25) is 0 Å². The van der Waals surface area contributed by atoms with Gasteiger partial charge in [0.15, 0.2) is 11.0 Å². The molecule has 2 fully saturated rings. The van der Waals surface area contributed by atoms with E-state index in [0.29, 0.717) is 5.15 Å². The van der Waals surface area contributed by atoms with Gasteiger partial charge in [0.25, 0.3) is 0 Å². The van der Waals surface area contributed by atoms with E-state index in [0.717, 1.165) is 35.5 Å². The van der Waals surface area contributed by atoms with Gasteiger partial charge in [0.05, 0.1) is 27.2 Å². The van der Waals surface area contributed by atoms with Crippen LogP contribution in [-0.4, -0.2) is 53.9 Å². The van der Waals surface area contributed by atoms with Crippen LogP contribution in [0, 0.1) is 0 Å². The summed E-state index contributed by atoms with van der Waals surface area (Å²) in [6, 6.07) is 5.25. The summed E-state index contributed by atoms with van der Waals surface area (Å²) in [5.74, 6) is 0.964. The Labute approximate surface area is 130 Å². The Balaban J connectivity index is 0.00000120. The molecule has 0 saturated carbocycles. The maximum atomic E-state index is 5.77. The summed E-state index contributed by atoms with van der Waals surface area (Å²) in [5, 5.41) is 8.58. The Morgan fingerprint density at radius 3 is 2.28 bits per heavy atom. The molecule has 3 rings (SSSR count). The Hall–Kier alpha value is -0.140. The predicted molar refractivity (Wildman–Crippen MR) is 68.2 cm³/mol. The van der Waals surface area contributed by atoms with E-state index in [9.17, 15) is 0 Å². The Bertz CT molecular complexity index is 407. The number of piperazine rings is 1. The van der Waals surface area contributed by atoms with Crippen LogP contribution >= 0.6 is 11.6 Å². The predicted octanol–water partition coefficient (Wildman–Crippen LogP) is -1.44. The molecule has 2 atom stereocenters. The third-order valence-corrected chi connectivity index (χ3v) is 4.72. The highest BCUT2D eigenvalue weighted by Gasteiger charge is 2.48. The van der Waals surface area contributed by atoms with E-state index in [2.05, 4.69) is 29.2 Å². The molecular weight excluding hydrogens is 363 g/mol. The van der Waals surface area contributed by atoms with Crippen LogP contribution in [-0.2, 0) is 0 Å². The fourth-order valence-electron chi connectivity index (χ4n) is 3.20. The van der Waals surface area contributed by atoms with Crippen molar-refractivity contribution in [2.75, 3.05) is 32.1 Å². The molecule has 2 aliphatic rings. The Morgan fingerprint density at radius 1 is 1.17 bits per heavy atom. The molecule has 0 unspecified atom stereocenters. The van der Waals surface area contributed by atoms with E-state index in [1.807, 2.05) is 12.1 Å². The van der Waals surface area contributed by atoms with Crippen molar-refractivity contribution in [1.29, 1.82) is 0 Å². The second-order valence-electron chi connectivity index (χ2n) is 5.63. The van der Waals surface area contributed by atoms with Gasteiger partial charge >= 0.3 is 0 Å². The smallest absolute Gasteiger partial charge is 0.151 e. The van der Waals surface area contributed by atoms with Crippen molar-refractivity contribution in [2.24, 2.45) is 0 Å². The molecule has 0 radical (unpaired) electrons. The van der Waals surface area contributed by atoms with Crippen LogP contribution in [0.3, 0.4) is 0 Å². The normalized spacial score (nSPS) is 28.9. The number of aromatic nitrogens is 2. The summed E-state index contributed by atoms with van der Waals surface area (Å²) in [5.41, 5.74) is 0. The number of nitrogens with zero attached hydrogens (tertiary/aromatic N) is 4. The van der Waals surface area contributed by atoms with Crippen LogP contribution in [0.15, 0.2) is 12.1 Å². The molecule has 0 spiro atoms. The van der Waals surface area contributed by atoms with Crippen LogP contribution in [0.25, 0.3) is 0 Å². The fraction of sp³-hybridized carbons (Fsp3) is 0.667. The molecule has 6 heteroatoms. The van der Waals surface area contributed by atoms with E-state index in [-0.39, 0.29) is 24.0 Å².